The van der Waals surface area contributed by atoms with E-state index in [-0.39, 0.29) is 12.1 Å². The zero-order chi connectivity index (χ0) is 17.8. The average molecular weight is 325 g/mol. The zero-order valence-corrected chi connectivity index (χ0v) is 10.8. The summed E-state index contributed by atoms with van der Waals surface area (Å²) in [7, 11) is 0. The minimum Gasteiger partial charge on any atom is -0.343 e. The van der Waals surface area contributed by atoms with Gasteiger partial charge in [-0.15, -0.1) is 0 Å². The van der Waals surface area contributed by atoms with Gasteiger partial charge in [0, 0.05) is 6.07 Å². The number of anilines is 1. The van der Waals surface area contributed by atoms with E-state index in [2.05, 4.69) is 0 Å². The van der Waals surface area contributed by atoms with E-state index in [0.717, 1.165) is 0 Å². The quantitative estimate of drug-likeness (QED) is 0.394. The second-order valence-electron chi connectivity index (χ2n) is 3.82. The number of halogens is 4. The van der Waals surface area contributed by atoms with E-state index >= 15 is 0 Å². The van der Waals surface area contributed by atoms with Crippen LogP contribution >= 0.6 is 0 Å². The van der Waals surface area contributed by atoms with Gasteiger partial charge in [-0.05, 0) is 6.07 Å². The third-order valence-corrected chi connectivity index (χ3v) is 2.42. The lowest BCUT2D eigenvalue weighted by molar-refractivity contribution is -0.387. The molecule has 1 aromatic rings. The summed E-state index contributed by atoms with van der Waals surface area (Å²) in [6.07, 6.45) is -5.02. The van der Waals surface area contributed by atoms with Crippen molar-refractivity contribution in [3.63, 3.8) is 0 Å². The van der Waals surface area contributed by atoms with Crippen LogP contribution in [0.15, 0.2) is 23.4 Å². The Morgan fingerprint density at radius 1 is 1.17 bits per heavy atom. The third-order valence-electron chi connectivity index (χ3n) is 2.42. The maximum Gasteiger partial charge on any atom is 0.416 e. The largest absolute Gasteiger partial charge is 0.416 e. The molecule has 0 saturated heterocycles. The summed E-state index contributed by atoms with van der Waals surface area (Å²) in [4.78, 5) is 9.27. The van der Waals surface area contributed by atoms with E-state index in [9.17, 15) is 27.7 Å². The molecule has 1 aromatic carbocycles. The third kappa shape index (κ3) is 3.71. The zero-order valence-electron chi connectivity index (χ0n) is 10.8. The number of alkyl halides is 3. The Hall–Kier alpha value is -3.65. The second kappa shape index (κ2) is 6.41. The molecule has 0 radical (unpaired) electrons. The Kier molecular flexibility index (Phi) is 4.85. The number of nitro groups is 1. The average Bonchev–Trinajstić information content (AvgIpc) is 2.47. The molecule has 0 saturated carbocycles. The van der Waals surface area contributed by atoms with Crippen molar-refractivity contribution in [1.29, 1.82) is 15.8 Å². The Balaban J connectivity index is 3.61. The second-order valence-corrected chi connectivity index (χ2v) is 3.82. The molecule has 0 atom stereocenters. The number of hydrogen-bond acceptors (Lipinski definition) is 6. The first kappa shape index (κ1) is 17.4. The molecule has 0 spiro atoms. The van der Waals surface area contributed by atoms with Crippen LogP contribution in [0, 0.1) is 49.9 Å². The number of allylic oxidation sites excluding steroid dienone is 2. The Morgan fingerprint density at radius 2 is 1.74 bits per heavy atom. The van der Waals surface area contributed by atoms with Crippen LogP contribution in [0.1, 0.15) is 5.56 Å². The molecule has 1 rings (SSSR count). The Bertz CT molecular complexity index is 808. The summed E-state index contributed by atoms with van der Waals surface area (Å²) in [6, 6.07) is 4.03. The van der Waals surface area contributed by atoms with Crippen molar-refractivity contribution in [2.45, 2.75) is 6.18 Å². The summed E-state index contributed by atoms with van der Waals surface area (Å²) >= 11 is 0. The fourth-order valence-corrected chi connectivity index (χ4v) is 1.41. The first-order valence-corrected chi connectivity index (χ1v) is 5.42. The van der Waals surface area contributed by atoms with E-state index in [1.165, 1.54) is 18.2 Å². The highest BCUT2D eigenvalue weighted by Crippen LogP contribution is 2.36. The predicted molar refractivity (Wildman–Crippen MR) is 65.5 cm³/mol. The molecule has 0 fully saturated rings. The molecule has 7 nitrogen and oxygen atoms in total. The molecule has 0 aliphatic carbocycles. The Labute approximate surface area is 125 Å². The van der Waals surface area contributed by atoms with Gasteiger partial charge in [0.15, 0.2) is 5.57 Å². The van der Waals surface area contributed by atoms with Crippen LogP contribution < -0.4 is 5.32 Å². The molecule has 0 aliphatic heterocycles. The lowest BCUT2D eigenvalue weighted by atomic mass is 10.1. The van der Waals surface area contributed by atoms with Gasteiger partial charge >= 0.3 is 11.9 Å². The molecule has 11 heteroatoms. The van der Waals surface area contributed by atoms with Crippen LogP contribution in [0.5, 0.6) is 0 Å². The number of rotatable bonds is 3. The molecular weight excluding hydrogens is 322 g/mol. The van der Waals surface area contributed by atoms with E-state index in [4.69, 9.17) is 15.8 Å². The predicted octanol–water partition coefficient (Wildman–Crippen LogP) is 2.99. The number of nitrogens with one attached hydrogen (secondary N) is 1. The van der Waals surface area contributed by atoms with E-state index in [1.54, 1.807) is 5.32 Å². The monoisotopic (exact) mass is 325 g/mol. The molecule has 0 unspecified atom stereocenters. The maximum absolute atomic E-state index is 13.9. The standard InChI is InChI=1S/C12H3F4N5O2/c13-11-8(20-9(5-19)6(3-17)4-18)1-7(12(14,15)16)2-10(11)21(22)23/h1-2,20H. The van der Waals surface area contributed by atoms with Gasteiger partial charge in [-0.2, -0.15) is 33.3 Å². The van der Waals surface area contributed by atoms with Crippen molar-refractivity contribution in [3.05, 3.63) is 44.9 Å². The molecule has 0 bridgehead atoms. The van der Waals surface area contributed by atoms with Gasteiger partial charge in [0.1, 0.15) is 23.9 Å². The highest BCUT2D eigenvalue weighted by molar-refractivity contribution is 5.63. The van der Waals surface area contributed by atoms with Crippen molar-refractivity contribution < 1.29 is 22.5 Å². The molecular formula is C12H3F4N5O2. The summed E-state index contributed by atoms with van der Waals surface area (Å²) in [5.74, 6) is -1.68. The molecule has 0 aliphatic rings. The van der Waals surface area contributed by atoms with Crippen molar-refractivity contribution in [3.8, 4) is 18.2 Å². The van der Waals surface area contributed by atoms with Crippen LogP contribution in [0.2, 0.25) is 0 Å². The van der Waals surface area contributed by atoms with E-state index < -0.39 is 45.1 Å². The first-order chi connectivity index (χ1) is 10.6. The van der Waals surface area contributed by atoms with Gasteiger partial charge in [0.05, 0.1) is 16.2 Å². The normalized spacial score (nSPS) is 9.96. The van der Waals surface area contributed by atoms with E-state index in [0.29, 0.717) is 0 Å². The van der Waals surface area contributed by atoms with Crippen molar-refractivity contribution in [1.82, 2.24) is 0 Å². The lowest BCUT2D eigenvalue weighted by Crippen LogP contribution is -2.10. The highest BCUT2D eigenvalue weighted by Gasteiger charge is 2.35. The van der Waals surface area contributed by atoms with Gasteiger partial charge in [-0.25, -0.2) is 0 Å². The number of benzene rings is 1. The molecule has 1 N–H and O–H groups in total. The number of nitrogens with zero attached hydrogens (tertiary/aromatic N) is 4. The number of nitro benzene ring substituents is 1. The van der Waals surface area contributed by atoms with Gasteiger partial charge in [0.25, 0.3) is 0 Å². The summed E-state index contributed by atoms with van der Waals surface area (Å²) in [6.45, 7) is 0. The summed E-state index contributed by atoms with van der Waals surface area (Å²) in [5.41, 5.74) is -5.75. The van der Waals surface area contributed by atoms with Crippen LogP contribution in [0.3, 0.4) is 0 Å². The SMILES string of the molecule is N#CC(C#N)=C(C#N)Nc1cc(C(F)(F)F)cc([N+](=O)[O-])c1F. The van der Waals surface area contributed by atoms with Gasteiger partial charge in [-0.3, -0.25) is 10.1 Å². The topological polar surface area (TPSA) is 127 Å². The molecule has 0 aromatic heterocycles. The van der Waals surface area contributed by atoms with Crippen LogP contribution in [0.25, 0.3) is 0 Å². The van der Waals surface area contributed by atoms with Crippen LogP contribution in [0.4, 0.5) is 28.9 Å². The smallest absolute Gasteiger partial charge is 0.343 e. The highest BCUT2D eigenvalue weighted by atomic mass is 19.4. The fourth-order valence-electron chi connectivity index (χ4n) is 1.41. The molecule has 116 valence electrons. The summed E-state index contributed by atoms with van der Waals surface area (Å²) in [5, 5.41) is 38.4. The van der Waals surface area contributed by atoms with Crippen LogP contribution in [-0.4, -0.2) is 4.92 Å². The van der Waals surface area contributed by atoms with Crippen molar-refractivity contribution >= 4 is 11.4 Å². The van der Waals surface area contributed by atoms with Gasteiger partial charge < -0.3 is 5.32 Å². The molecule has 23 heavy (non-hydrogen) atoms. The van der Waals surface area contributed by atoms with E-state index in [1.807, 2.05) is 0 Å². The Morgan fingerprint density at radius 3 is 2.13 bits per heavy atom. The molecule has 0 heterocycles. The minimum atomic E-state index is -5.02. The van der Waals surface area contributed by atoms with Crippen molar-refractivity contribution in [2.24, 2.45) is 0 Å². The molecule has 0 amide bonds. The number of nitriles is 3. The van der Waals surface area contributed by atoms with Crippen LogP contribution in [-0.2, 0) is 6.18 Å². The number of hydrogen-bond donors (Lipinski definition) is 1. The van der Waals surface area contributed by atoms with Gasteiger partial charge in [0.2, 0.25) is 5.82 Å². The van der Waals surface area contributed by atoms with Gasteiger partial charge in [-0.1, -0.05) is 0 Å². The maximum atomic E-state index is 13.9. The minimum absolute atomic E-state index is 0.00816. The fraction of sp³-hybridized carbons (Fsp3) is 0.0833. The van der Waals surface area contributed by atoms with Crippen molar-refractivity contribution in [2.75, 3.05) is 5.32 Å². The lowest BCUT2D eigenvalue weighted by Gasteiger charge is -2.11. The first-order valence-electron chi connectivity index (χ1n) is 5.42. The summed E-state index contributed by atoms with van der Waals surface area (Å²) < 4.78 is 52.0.